The third kappa shape index (κ3) is 3.98. The van der Waals surface area contributed by atoms with Crippen molar-refractivity contribution in [3.05, 3.63) is 71.9 Å². The number of nitrogens with two attached hydrogens (primary N) is 1. The second-order valence-electron chi connectivity index (χ2n) is 6.33. The van der Waals surface area contributed by atoms with E-state index >= 15 is 0 Å². The van der Waals surface area contributed by atoms with Gasteiger partial charge < -0.3 is 16.5 Å². The Labute approximate surface area is 166 Å². The molecular weight excluding hydrogens is 371 g/mol. The SMILES string of the molecule is CN/N=C/c1c(N)ncnc1Nc1ccc2c(cnn2Cc2cccc(F)c2)c1. The van der Waals surface area contributed by atoms with Gasteiger partial charge in [-0.2, -0.15) is 10.2 Å². The maximum Gasteiger partial charge on any atom is 0.144 e. The summed E-state index contributed by atoms with van der Waals surface area (Å²) >= 11 is 0. The normalized spacial score (nSPS) is 11.2. The zero-order valence-electron chi connectivity index (χ0n) is 15.7. The average Bonchev–Trinajstić information content (AvgIpc) is 3.10. The van der Waals surface area contributed by atoms with Gasteiger partial charge in [0, 0.05) is 18.1 Å². The standard InChI is InChI=1S/C20H19FN8/c1-23-26-10-17-19(22)24-12-25-20(17)28-16-5-6-18-14(8-16)9-27-29(18)11-13-3-2-4-15(21)7-13/h2-10,12,23H,11H2,1H3,(H3,22,24,25,28)/b26-10+. The summed E-state index contributed by atoms with van der Waals surface area (Å²) in [5, 5.41) is 12.6. The van der Waals surface area contributed by atoms with E-state index in [-0.39, 0.29) is 5.82 Å². The molecule has 0 saturated carbocycles. The summed E-state index contributed by atoms with van der Waals surface area (Å²) in [5.74, 6) is 0.612. The molecule has 0 atom stereocenters. The summed E-state index contributed by atoms with van der Waals surface area (Å²) in [6.07, 6.45) is 4.73. The first-order valence-corrected chi connectivity index (χ1v) is 8.91. The molecule has 0 saturated heterocycles. The number of halogens is 1. The van der Waals surface area contributed by atoms with Crippen molar-refractivity contribution in [1.29, 1.82) is 0 Å². The number of nitrogen functional groups attached to an aromatic ring is 1. The van der Waals surface area contributed by atoms with E-state index < -0.39 is 0 Å². The van der Waals surface area contributed by atoms with Crippen LogP contribution in [0.25, 0.3) is 10.9 Å². The highest BCUT2D eigenvalue weighted by atomic mass is 19.1. The Balaban J connectivity index is 1.61. The van der Waals surface area contributed by atoms with Crippen molar-refractivity contribution in [3.8, 4) is 0 Å². The molecule has 29 heavy (non-hydrogen) atoms. The van der Waals surface area contributed by atoms with Crippen LogP contribution in [0.1, 0.15) is 11.1 Å². The lowest BCUT2D eigenvalue weighted by Crippen LogP contribution is -2.06. The number of benzene rings is 2. The van der Waals surface area contributed by atoms with Crippen LogP contribution in [0.3, 0.4) is 0 Å². The molecule has 0 fully saturated rings. The molecule has 2 aromatic carbocycles. The van der Waals surface area contributed by atoms with Gasteiger partial charge in [-0.05, 0) is 35.9 Å². The summed E-state index contributed by atoms with van der Waals surface area (Å²) in [4.78, 5) is 8.26. The Morgan fingerprint density at radius 1 is 1.21 bits per heavy atom. The van der Waals surface area contributed by atoms with Gasteiger partial charge in [-0.15, -0.1) is 0 Å². The number of hydrogen-bond acceptors (Lipinski definition) is 7. The maximum absolute atomic E-state index is 13.4. The van der Waals surface area contributed by atoms with Crippen molar-refractivity contribution in [3.63, 3.8) is 0 Å². The van der Waals surface area contributed by atoms with Gasteiger partial charge >= 0.3 is 0 Å². The van der Waals surface area contributed by atoms with E-state index in [2.05, 4.69) is 30.9 Å². The fraction of sp³-hybridized carbons (Fsp3) is 0.100. The topological polar surface area (TPSA) is 106 Å². The van der Waals surface area contributed by atoms with E-state index in [1.807, 2.05) is 28.9 Å². The number of nitrogens with one attached hydrogen (secondary N) is 2. The van der Waals surface area contributed by atoms with Crippen LogP contribution in [-0.4, -0.2) is 33.0 Å². The van der Waals surface area contributed by atoms with Crippen molar-refractivity contribution in [2.75, 3.05) is 18.1 Å². The number of nitrogens with zero attached hydrogens (tertiary/aromatic N) is 5. The zero-order valence-corrected chi connectivity index (χ0v) is 15.7. The Morgan fingerprint density at radius 2 is 2.10 bits per heavy atom. The second-order valence-corrected chi connectivity index (χ2v) is 6.33. The van der Waals surface area contributed by atoms with Gasteiger partial charge in [-0.25, -0.2) is 14.4 Å². The number of aromatic nitrogens is 4. The van der Waals surface area contributed by atoms with Gasteiger partial charge in [-0.3, -0.25) is 4.68 Å². The van der Waals surface area contributed by atoms with E-state index in [1.165, 1.54) is 18.5 Å². The Bertz CT molecular complexity index is 1180. The van der Waals surface area contributed by atoms with Crippen LogP contribution < -0.4 is 16.5 Å². The molecule has 0 aliphatic rings. The molecule has 8 nitrogen and oxygen atoms in total. The molecule has 4 aromatic rings. The molecule has 9 heteroatoms. The molecule has 0 bridgehead atoms. The van der Waals surface area contributed by atoms with Gasteiger partial charge in [0.25, 0.3) is 0 Å². The predicted octanol–water partition coefficient (Wildman–Crippen LogP) is 2.89. The number of fused-ring (bicyclic) bond motifs is 1. The molecule has 0 spiro atoms. The molecule has 146 valence electrons. The van der Waals surface area contributed by atoms with Gasteiger partial charge in [0.15, 0.2) is 0 Å². The van der Waals surface area contributed by atoms with Crippen molar-refractivity contribution in [1.82, 2.24) is 25.2 Å². The van der Waals surface area contributed by atoms with Crippen LogP contribution in [0.5, 0.6) is 0 Å². The van der Waals surface area contributed by atoms with Crippen LogP contribution in [0.15, 0.2) is 60.1 Å². The van der Waals surface area contributed by atoms with Gasteiger partial charge in [0.05, 0.1) is 30.0 Å². The summed E-state index contributed by atoms with van der Waals surface area (Å²) in [5.41, 5.74) is 11.8. The first kappa shape index (κ1) is 18.4. The Kier molecular flexibility index (Phi) is 5.02. The fourth-order valence-corrected chi connectivity index (χ4v) is 3.00. The van der Waals surface area contributed by atoms with Crippen LogP contribution >= 0.6 is 0 Å². The number of hydrazone groups is 1. The predicted molar refractivity (Wildman–Crippen MR) is 112 cm³/mol. The largest absolute Gasteiger partial charge is 0.383 e. The maximum atomic E-state index is 13.4. The van der Waals surface area contributed by atoms with Gasteiger partial charge in [-0.1, -0.05) is 12.1 Å². The summed E-state index contributed by atoms with van der Waals surface area (Å²) < 4.78 is 15.3. The van der Waals surface area contributed by atoms with Crippen LogP contribution in [-0.2, 0) is 6.54 Å². The highest BCUT2D eigenvalue weighted by molar-refractivity contribution is 5.93. The minimum atomic E-state index is -0.257. The third-order valence-corrected chi connectivity index (χ3v) is 4.36. The van der Waals surface area contributed by atoms with Crippen LogP contribution in [0, 0.1) is 5.82 Å². The van der Waals surface area contributed by atoms with E-state index in [9.17, 15) is 4.39 Å². The second kappa shape index (κ2) is 7.93. The summed E-state index contributed by atoms with van der Waals surface area (Å²) in [6, 6.07) is 12.3. The zero-order chi connectivity index (χ0) is 20.2. The molecule has 0 aliphatic heterocycles. The van der Waals surface area contributed by atoms with E-state index in [1.54, 1.807) is 25.5 Å². The van der Waals surface area contributed by atoms with Gasteiger partial charge in [0.1, 0.15) is 23.8 Å². The quantitative estimate of drug-likeness (QED) is 0.345. The Hall–Kier alpha value is -4.01. The smallest absolute Gasteiger partial charge is 0.144 e. The summed E-state index contributed by atoms with van der Waals surface area (Å²) in [7, 11) is 1.69. The minimum absolute atomic E-state index is 0.257. The lowest BCUT2D eigenvalue weighted by atomic mass is 10.2. The lowest BCUT2D eigenvalue weighted by Gasteiger charge is -2.10. The summed E-state index contributed by atoms with van der Waals surface area (Å²) in [6.45, 7) is 0.487. The fourth-order valence-electron chi connectivity index (χ4n) is 3.00. The van der Waals surface area contributed by atoms with E-state index in [0.717, 1.165) is 22.2 Å². The van der Waals surface area contributed by atoms with Crippen molar-refractivity contribution in [2.45, 2.75) is 6.54 Å². The molecule has 2 heterocycles. The van der Waals surface area contributed by atoms with Gasteiger partial charge in [0.2, 0.25) is 0 Å². The highest BCUT2D eigenvalue weighted by Crippen LogP contribution is 2.24. The van der Waals surface area contributed by atoms with Crippen molar-refractivity contribution in [2.24, 2.45) is 5.10 Å². The van der Waals surface area contributed by atoms with E-state index in [4.69, 9.17) is 5.73 Å². The van der Waals surface area contributed by atoms with Crippen LogP contribution in [0.4, 0.5) is 21.7 Å². The molecule has 0 amide bonds. The molecule has 4 N–H and O–H groups in total. The third-order valence-electron chi connectivity index (χ3n) is 4.36. The molecule has 0 radical (unpaired) electrons. The monoisotopic (exact) mass is 390 g/mol. The average molecular weight is 390 g/mol. The molecule has 0 aliphatic carbocycles. The molecule has 0 unspecified atom stereocenters. The van der Waals surface area contributed by atoms with Crippen molar-refractivity contribution < 1.29 is 4.39 Å². The molecular formula is C20H19FN8. The molecule has 2 aromatic heterocycles. The van der Waals surface area contributed by atoms with E-state index in [0.29, 0.717) is 23.7 Å². The first-order chi connectivity index (χ1) is 14.1. The highest BCUT2D eigenvalue weighted by Gasteiger charge is 2.10. The molecule has 4 rings (SSSR count). The van der Waals surface area contributed by atoms with Crippen molar-refractivity contribution >= 4 is 34.4 Å². The van der Waals surface area contributed by atoms with Crippen LogP contribution in [0.2, 0.25) is 0 Å². The Morgan fingerprint density at radius 3 is 2.93 bits per heavy atom. The number of anilines is 3. The lowest BCUT2D eigenvalue weighted by molar-refractivity contribution is 0.621. The number of rotatable bonds is 6. The minimum Gasteiger partial charge on any atom is -0.383 e. The number of hydrogen-bond donors (Lipinski definition) is 3. The first-order valence-electron chi connectivity index (χ1n) is 8.91.